The minimum absolute atomic E-state index is 0.0545. The maximum Gasteiger partial charge on any atom is 0.0564 e. The van der Waals surface area contributed by atoms with Crippen LogP contribution in [0, 0.1) is 5.92 Å². The van der Waals surface area contributed by atoms with Crippen molar-refractivity contribution in [3.8, 4) is 0 Å². The van der Waals surface area contributed by atoms with Gasteiger partial charge in [0.05, 0.1) is 6.10 Å². The van der Waals surface area contributed by atoms with E-state index in [4.69, 9.17) is 5.73 Å². The fourth-order valence-electron chi connectivity index (χ4n) is 3.16. The Labute approximate surface area is 92.6 Å². The first kappa shape index (κ1) is 11.4. The summed E-state index contributed by atoms with van der Waals surface area (Å²) in [7, 11) is 0. The maximum atomic E-state index is 9.50. The molecule has 0 bridgehead atoms. The summed E-state index contributed by atoms with van der Waals surface area (Å²) in [6.07, 6.45) is 7.19. The maximum absolute atomic E-state index is 9.50. The third kappa shape index (κ3) is 2.71. The van der Waals surface area contributed by atoms with E-state index in [0.29, 0.717) is 12.0 Å². The lowest BCUT2D eigenvalue weighted by molar-refractivity contribution is 0.0319. The summed E-state index contributed by atoms with van der Waals surface area (Å²) in [6, 6.07) is 0.705. The standard InChI is InChI=1S/C12H24N2O/c13-9-10-3-1-2-4-12(10)14-7-5-11(15)6-8-14/h10-12,15H,1-9,13H2. The molecule has 2 rings (SSSR count). The Bertz CT molecular complexity index is 190. The number of rotatable bonds is 2. The first-order valence-electron chi connectivity index (χ1n) is 6.43. The molecular weight excluding hydrogens is 188 g/mol. The van der Waals surface area contributed by atoms with Gasteiger partial charge in [-0.1, -0.05) is 12.8 Å². The highest BCUT2D eigenvalue weighted by atomic mass is 16.3. The number of aliphatic hydroxyl groups excluding tert-OH is 1. The second-order valence-electron chi connectivity index (χ2n) is 5.11. The van der Waals surface area contributed by atoms with Crippen LogP contribution in [0.15, 0.2) is 0 Å². The number of likely N-dealkylation sites (tertiary alicyclic amines) is 1. The van der Waals surface area contributed by atoms with E-state index in [-0.39, 0.29) is 6.10 Å². The highest BCUT2D eigenvalue weighted by Gasteiger charge is 2.31. The molecule has 2 atom stereocenters. The van der Waals surface area contributed by atoms with E-state index >= 15 is 0 Å². The lowest BCUT2D eigenvalue weighted by Crippen LogP contribution is -2.49. The van der Waals surface area contributed by atoms with Gasteiger partial charge in [0.2, 0.25) is 0 Å². The second-order valence-corrected chi connectivity index (χ2v) is 5.11. The Balaban J connectivity index is 1.90. The molecule has 0 amide bonds. The van der Waals surface area contributed by atoms with Gasteiger partial charge in [0, 0.05) is 19.1 Å². The number of nitrogens with two attached hydrogens (primary N) is 1. The summed E-state index contributed by atoms with van der Waals surface area (Å²) >= 11 is 0. The first-order valence-corrected chi connectivity index (χ1v) is 6.43. The number of nitrogens with zero attached hydrogens (tertiary/aromatic N) is 1. The number of hydrogen-bond acceptors (Lipinski definition) is 3. The molecule has 0 aromatic carbocycles. The van der Waals surface area contributed by atoms with Gasteiger partial charge in [-0.05, 0) is 38.1 Å². The lowest BCUT2D eigenvalue weighted by atomic mass is 9.83. The lowest BCUT2D eigenvalue weighted by Gasteiger charge is -2.42. The highest BCUT2D eigenvalue weighted by Crippen LogP contribution is 2.29. The SMILES string of the molecule is NCC1CCCCC1N1CCC(O)CC1. The van der Waals surface area contributed by atoms with Crippen LogP contribution >= 0.6 is 0 Å². The topological polar surface area (TPSA) is 49.5 Å². The van der Waals surface area contributed by atoms with Crippen LogP contribution in [-0.4, -0.2) is 41.8 Å². The molecule has 0 aromatic heterocycles. The second kappa shape index (κ2) is 5.28. The predicted molar refractivity (Wildman–Crippen MR) is 61.6 cm³/mol. The molecule has 0 spiro atoms. The average molecular weight is 212 g/mol. The molecule has 2 unspecified atom stereocenters. The molecule has 1 aliphatic carbocycles. The Morgan fingerprint density at radius 3 is 2.40 bits per heavy atom. The van der Waals surface area contributed by atoms with Gasteiger partial charge in [0.1, 0.15) is 0 Å². The predicted octanol–water partition coefficient (Wildman–Crippen LogP) is 0.961. The molecule has 1 aliphatic heterocycles. The molecule has 1 heterocycles. The Morgan fingerprint density at radius 2 is 1.73 bits per heavy atom. The molecule has 1 saturated carbocycles. The molecule has 15 heavy (non-hydrogen) atoms. The highest BCUT2D eigenvalue weighted by molar-refractivity contribution is 4.86. The fourth-order valence-corrected chi connectivity index (χ4v) is 3.16. The number of piperidine rings is 1. The van der Waals surface area contributed by atoms with E-state index in [1.807, 2.05) is 0 Å². The van der Waals surface area contributed by atoms with Crippen molar-refractivity contribution in [2.24, 2.45) is 11.7 Å². The number of hydrogen-bond donors (Lipinski definition) is 2. The van der Waals surface area contributed by atoms with Crippen molar-refractivity contribution in [2.75, 3.05) is 19.6 Å². The van der Waals surface area contributed by atoms with Crippen LogP contribution < -0.4 is 5.73 Å². The zero-order valence-electron chi connectivity index (χ0n) is 9.57. The zero-order chi connectivity index (χ0) is 10.7. The van der Waals surface area contributed by atoms with Gasteiger partial charge in [0.15, 0.2) is 0 Å². The van der Waals surface area contributed by atoms with Crippen molar-refractivity contribution >= 4 is 0 Å². The van der Waals surface area contributed by atoms with E-state index in [1.54, 1.807) is 0 Å². The summed E-state index contributed by atoms with van der Waals surface area (Å²) < 4.78 is 0. The van der Waals surface area contributed by atoms with Crippen LogP contribution in [0.3, 0.4) is 0 Å². The third-order valence-electron chi connectivity index (χ3n) is 4.14. The smallest absolute Gasteiger partial charge is 0.0564 e. The molecular formula is C12H24N2O. The van der Waals surface area contributed by atoms with E-state index < -0.39 is 0 Å². The molecule has 88 valence electrons. The van der Waals surface area contributed by atoms with Gasteiger partial charge >= 0.3 is 0 Å². The van der Waals surface area contributed by atoms with Gasteiger partial charge in [-0.25, -0.2) is 0 Å². The van der Waals surface area contributed by atoms with Crippen molar-refractivity contribution in [1.82, 2.24) is 4.90 Å². The average Bonchev–Trinajstić information content (AvgIpc) is 2.30. The van der Waals surface area contributed by atoms with E-state index in [0.717, 1.165) is 32.5 Å². The van der Waals surface area contributed by atoms with Crippen molar-refractivity contribution in [3.05, 3.63) is 0 Å². The zero-order valence-corrected chi connectivity index (χ0v) is 9.57. The molecule has 2 aliphatic rings. The van der Waals surface area contributed by atoms with Gasteiger partial charge in [-0.15, -0.1) is 0 Å². The van der Waals surface area contributed by atoms with E-state index in [2.05, 4.69) is 4.90 Å². The summed E-state index contributed by atoms with van der Waals surface area (Å²) in [4.78, 5) is 2.57. The Morgan fingerprint density at radius 1 is 1.07 bits per heavy atom. The molecule has 0 radical (unpaired) electrons. The van der Waals surface area contributed by atoms with Crippen LogP contribution in [-0.2, 0) is 0 Å². The summed E-state index contributed by atoms with van der Waals surface area (Å²) in [5.74, 6) is 0.703. The van der Waals surface area contributed by atoms with Crippen molar-refractivity contribution in [1.29, 1.82) is 0 Å². The van der Waals surface area contributed by atoms with Gasteiger partial charge in [-0.2, -0.15) is 0 Å². The number of aliphatic hydroxyl groups is 1. The summed E-state index contributed by atoms with van der Waals surface area (Å²) in [6.45, 7) is 2.98. The Kier molecular flexibility index (Phi) is 4.00. The normalized spacial score (nSPS) is 35.6. The van der Waals surface area contributed by atoms with Crippen molar-refractivity contribution < 1.29 is 5.11 Å². The van der Waals surface area contributed by atoms with Crippen LogP contribution in [0.1, 0.15) is 38.5 Å². The molecule has 1 saturated heterocycles. The first-order chi connectivity index (χ1) is 7.31. The largest absolute Gasteiger partial charge is 0.393 e. The quantitative estimate of drug-likeness (QED) is 0.717. The van der Waals surface area contributed by atoms with E-state index in [1.165, 1.54) is 25.7 Å². The molecule has 3 heteroatoms. The van der Waals surface area contributed by atoms with Crippen molar-refractivity contribution in [3.63, 3.8) is 0 Å². The van der Waals surface area contributed by atoms with Gasteiger partial charge < -0.3 is 10.8 Å². The minimum Gasteiger partial charge on any atom is -0.393 e. The van der Waals surface area contributed by atoms with Crippen LogP contribution in [0.5, 0.6) is 0 Å². The monoisotopic (exact) mass is 212 g/mol. The molecule has 2 fully saturated rings. The van der Waals surface area contributed by atoms with Gasteiger partial charge in [-0.3, -0.25) is 4.90 Å². The van der Waals surface area contributed by atoms with Crippen LogP contribution in [0.2, 0.25) is 0 Å². The minimum atomic E-state index is -0.0545. The van der Waals surface area contributed by atoms with Crippen LogP contribution in [0.4, 0.5) is 0 Å². The summed E-state index contributed by atoms with van der Waals surface area (Å²) in [5.41, 5.74) is 5.85. The molecule has 3 N–H and O–H groups in total. The molecule has 3 nitrogen and oxygen atoms in total. The van der Waals surface area contributed by atoms with Gasteiger partial charge in [0.25, 0.3) is 0 Å². The van der Waals surface area contributed by atoms with E-state index in [9.17, 15) is 5.11 Å². The van der Waals surface area contributed by atoms with Crippen LogP contribution in [0.25, 0.3) is 0 Å². The fraction of sp³-hybridized carbons (Fsp3) is 1.00. The third-order valence-corrected chi connectivity index (χ3v) is 4.14. The Hall–Kier alpha value is -0.120. The van der Waals surface area contributed by atoms with Crippen molar-refractivity contribution in [2.45, 2.75) is 50.7 Å². The molecule has 0 aromatic rings. The summed E-state index contributed by atoms with van der Waals surface area (Å²) in [5, 5.41) is 9.50.